The SMILES string of the molecule is CC(C)c1cc(CC2CCCC2)nc2cc(C(=O)N3CC=CCCC3)nn12. The molecule has 0 saturated heterocycles. The van der Waals surface area contributed by atoms with Crippen LogP contribution in [-0.4, -0.2) is 38.5 Å². The molecule has 1 amide bonds. The molecule has 2 aliphatic rings. The van der Waals surface area contributed by atoms with Crippen LogP contribution in [0.3, 0.4) is 0 Å². The van der Waals surface area contributed by atoms with Crippen LogP contribution in [-0.2, 0) is 6.42 Å². The van der Waals surface area contributed by atoms with Gasteiger partial charge in [0.05, 0.1) is 0 Å². The monoisotopic (exact) mass is 366 g/mol. The number of hydrogen-bond donors (Lipinski definition) is 0. The first-order valence-corrected chi connectivity index (χ1v) is 10.5. The van der Waals surface area contributed by atoms with Crippen molar-refractivity contribution in [3.63, 3.8) is 0 Å². The maximum absolute atomic E-state index is 13.0. The van der Waals surface area contributed by atoms with E-state index in [9.17, 15) is 4.79 Å². The minimum atomic E-state index is 0.0131. The zero-order valence-corrected chi connectivity index (χ0v) is 16.5. The topological polar surface area (TPSA) is 50.5 Å². The zero-order valence-electron chi connectivity index (χ0n) is 16.5. The number of fused-ring (bicyclic) bond motifs is 1. The van der Waals surface area contributed by atoms with Crippen molar-refractivity contribution >= 4 is 11.6 Å². The molecule has 0 radical (unpaired) electrons. The van der Waals surface area contributed by atoms with Gasteiger partial charge < -0.3 is 4.90 Å². The van der Waals surface area contributed by atoms with Gasteiger partial charge in [-0.3, -0.25) is 4.79 Å². The summed E-state index contributed by atoms with van der Waals surface area (Å²) in [5.74, 6) is 1.11. The molecule has 2 aromatic rings. The Labute approximate surface area is 161 Å². The fraction of sp³-hybridized carbons (Fsp3) is 0.591. The third kappa shape index (κ3) is 3.92. The van der Waals surface area contributed by atoms with Crippen molar-refractivity contribution in [3.8, 4) is 0 Å². The molecule has 0 N–H and O–H groups in total. The molecule has 0 aromatic carbocycles. The Balaban J connectivity index is 1.66. The lowest BCUT2D eigenvalue weighted by Crippen LogP contribution is -2.31. The second kappa shape index (κ2) is 7.83. The van der Waals surface area contributed by atoms with E-state index in [2.05, 4.69) is 37.2 Å². The van der Waals surface area contributed by atoms with Gasteiger partial charge in [0.15, 0.2) is 11.3 Å². The van der Waals surface area contributed by atoms with Crippen molar-refractivity contribution in [2.75, 3.05) is 13.1 Å². The third-order valence-corrected chi connectivity index (χ3v) is 5.87. The van der Waals surface area contributed by atoms with Crippen molar-refractivity contribution in [1.29, 1.82) is 0 Å². The first-order valence-electron chi connectivity index (χ1n) is 10.5. The van der Waals surface area contributed by atoms with E-state index in [1.807, 2.05) is 15.5 Å². The number of hydrogen-bond acceptors (Lipinski definition) is 3. The maximum atomic E-state index is 13.0. The van der Waals surface area contributed by atoms with Crippen LogP contribution in [0.15, 0.2) is 24.3 Å². The van der Waals surface area contributed by atoms with E-state index in [0.29, 0.717) is 18.2 Å². The van der Waals surface area contributed by atoms with E-state index in [1.165, 1.54) is 25.7 Å². The number of amides is 1. The summed E-state index contributed by atoms with van der Waals surface area (Å²) < 4.78 is 1.88. The van der Waals surface area contributed by atoms with Gasteiger partial charge in [-0.05, 0) is 37.2 Å². The van der Waals surface area contributed by atoms with Crippen molar-refractivity contribution in [2.45, 2.75) is 64.7 Å². The molecule has 0 atom stereocenters. The van der Waals surface area contributed by atoms with Gasteiger partial charge in [-0.25, -0.2) is 9.50 Å². The molecule has 0 unspecified atom stereocenters. The van der Waals surface area contributed by atoms with Crippen LogP contribution < -0.4 is 0 Å². The van der Waals surface area contributed by atoms with Gasteiger partial charge in [-0.1, -0.05) is 51.7 Å². The molecule has 5 heteroatoms. The predicted octanol–water partition coefficient (Wildman–Crippen LogP) is 4.38. The van der Waals surface area contributed by atoms with Gasteiger partial charge in [0.2, 0.25) is 0 Å². The standard InChI is InChI=1S/C22H30N4O/c1-16(2)20-14-18(13-17-9-5-6-10-17)23-21-15-19(24-26(20)21)22(27)25-11-7-3-4-8-12-25/h3,7,14-17H,4-6,8-13H2,1-2H3. The molecule has 27 heavy (non-hydrogen) atoms. The Morgan fingerprint density at radius 3 is 2.78 bits per heavy atom. The average molecular weight is 367 g/mol. The minimum Gasteiger partial charge on any atom is -0.334 e. The molecule has 144 valence electrons. The summed E-state index contributed by atoms with van der Waals surface area (Å²) in [6, 6.07) is 4.08. The van der Waals surface area contributed by atoms with E-state index in [-0.39, 0.29) is 5.91 Å². The summed E-state index contributed by atoms with van der Waals surface area (Å²) in [6.45, 7) is 5.81. The van der Waals surface area contributed by atoms with Gasteiger partial charge in [-0.2, -0.15) is 5.10 Å². The summed E-state index contributed by atoms with van der Waals surface area (Å²) >= 11 is 0. The Kier molecular flexibility index (Phi) is 5.28. The number of aromatic nitrogens is 3. The lowest BCUT2D eigenvalue weighted by atomic mass is 10.00. The summed E-state index contributed by atoms with van der Waals surface area (Å²) in [5.41, 5.74) is 3.61. The van der Waals surface area contributed by atoms with E-state index in [4.69, 9.17) is 4.98 Å². The molecule has 1 fully saturated rings. The third-order valence-electron chi connectivity index (χ3n) is 5.87. The Morgan fingerprint density at radius 1 is 1.19 bits per heavy atom. The van der Waals surface area contributed by atoms with E-state index in [0.717, 1.165) is 48.8 Å². The average Bonchev–Trinajstić information content (AvgIpc) is 3.23. The van der Waals surface area contributed by atoms with Crippen molar-refractivity contribution in [1.82, 2.24) is 19.5 Å². The lowest BCUT2D eigenvalue weighted by Gasteiger charge is -2.18. The second-order valence-corrected chi connectivity index (χ2v) is 8.35. The first-order chi connectivity index (χ1) is 13.1. The van der Waals surface area contributed by atoms with Crippen molar-refractivity contribution in [3.05, 3.63) is 41.4 Å². The molecule has 1 aliphatic heterocycles. The Bertz CT molecular complexity index is 845. The summed E-state index contributed by atoms with van der Waals surface area (Å²) in [5, 5.41) is 4.65. The number of allylic oxidation sites excluding steroid dienone is 1. The summed E-state index contributed by atoms with van der Waals surface area (Å²) in [7, 11) is 0. The zero-order chi connectivity index (χ0) is 18.8. The highest BCUT2D eigenvalue weighted by atomic mass is 16.2. The number of carbonyl (C=O) groups excluding carboxylic acids is 1. The maximum Gasteiger partial charge on any atom is 0.274 e. The van der Waals surface area contributed by atoms with Crippen molar-refractivity contribution < 1.29 is 4.79 Å². The molecule has 5 nitrogen and oxygen atoms in total. The van der Waals surface area contributed by atoms with Gasteiger partial charge in [0, 0.05) is 30.5 Å². The molecule has 0 spiro atoms. The van der Waals surface area contributed by atoms with Gasteiger partial charge in [0.25, 0.3) is 5.91 Å². The molecule has 1 saturated carbocycles. The highest BCUT2D eigenvalue weighted by Crippen LogP contribution is 2.28. The van der Waals surface area contributed by atoms with Crippen molar-refractivity contribution in [2.24, 2.45) is 5.92 Å². The molecular formula is C22H30N4O. The predicted molar refractivity (Wildman–Crippen MR) is 107 cm³/mol. The summed E-state index contributed by atoms with van der Waals surface area (Å²) in [6.07, 6.45) is 12.7. The quantitative estimate of drug-likeness (QED) is 0.755. The normalized spacial score (nSPS) is 18.6. The molecule has 0 bridgehead atoms. The van der Waals surface area contributed by atoms with Crippen LogP contribution in [0.1, 0.15) is 80.2 Å². The Morgan fingerprint density at radius 2 is 2.00 bits per heavy atom. The van der Waals surface area contributed by atoms with E-state index < -0.39 is 0 Å². The fourth-order valence-electron chi connectivity index (χ4n) is 4.34. The molecular weight excluding hydrogens is 336 g/mol. The number of carbonyl (C=O) groups is 1. The highest BCUT2D eigenvalue weighted by molar-refractivity contribution is 5.93. The Hall–Kier alpha value is -2.17. The van der Waals surface area contributed by atoms with Gasteiger partial charge in [0.1, 0.15) is 0 Å². The molecule has 2 aromatic heterocycles. The van der Waals surface area contributed by atoms with Crippen LogP contribution in [0.5, 0.6) is 0 Å². The summed E-state index contributed by atoms with van der Waals surface area (Å²) in [4.78, 5) is 19.7. The van der Waals surface area contributed by atoms with Crippen LogP contribution in [0.2, 0.25) is 0 Å². The lowest BCUT2D eigenvalue weighted by molar-refractivity contribution is 0.0769. The molecule has 4 rings (SSSR count). The molecule has 3 heterocycles. The van der Waals surface area contributed by atoms with Crippen LogP contribution in [0.25, 0.3) is 5.65 Å². The van der Waals surface area contributed by atoms with E-state index >= 15 is 0 Å². The second-order valence-electron chi connectivity index (χ2n) is 8.35. The number of rotatable bonds is 4. The van der Waals surface area contributed by atoms with E-state index in [1.54, 1.807) is 0 Å². The van der Waals surface area contributed by atoms with Crippen LogP contribution in [0.4, 0.5) is 0 Å². The van der Waals surface area contributed by atoms with Gasteiger partial charge >= 0.3 is 0 Å². The van der Waals surface area contributed by atoms with Crippen LogP contribution in [0, 0.1) is 5.92 Å². The van der Waals surface area contributed by atoms with Gasteiger partial charge in [-0.15, -0.1) is 0 Å². The van der Waals surface area contributed by atoms with Crippen LogP contribution >= 0.6 is 0 Å². The fourth-order valence-corrected chi connectivity index (χ4v) is 4.34. The molecule has 1 aliphatic carbocycles. The largest absolute Gasteiger partial charge is 0.334 e. The first kappa shape index (κ1) is 18.2. The highest BCUT2D eigenvalue weighted by Gasteiger charge is 2.22. The number of nitrogens with zero attached hydrogens (tertiary/aromatic N) is 4. The minimum absolute atomic E-state index is 0.0131. The smallest absolute Gasteiger partial charge is 0.274 e.